The predicted molar refractivity (Wildman–Crippen MR) is 94.0 cm³/mol. The van der Waals surface area contributed by atoms with Gasteiger partial charge < -0.3 is 15.8 Å². The third kappa shape index (κ3) is 11.9. The van der Waals surface area contributed by atoms with Gasteiger partial charge in [-0.05, 0) is 58.3 Å². The third-order valence-corrected chi connectivity index (χ3v) is 3.50. The van der Waals surface area contributed by atoms with Crippen molar-refractivity contribution in [3.05, 3.63) is 0 Å². The molecule has 0 aromatic heterocycles. The third-order valence-electron chi connectivity index (χ3n) is 3.50. The molecule has 136 valence electrons. The van der Waals surface area contributed by atoms with Gasteiger partial charge in [-0.2, -0.15) is 0 Å². The van der Waals surface area contributed by atoms with Gasteiger partial charge >= 0.3 is 6.09 Å². The molecule has 0 aromatic rings. The first-order valence-electron chi connectivity index (χ1n) is 8.69. The number of primary amides is 1. The molecule has 0 aliphatic carbocycles. The summed E-state index contributed by atoms with van der Waals surface area (Å²) in [5, 5.41) is 2.94. The first-order chi connectivity index (χ1) is 10.4. The Morgan fingerprint density at radius 3 is 1.91 bits per heavy atom. The van der Waals surface area contributed by atoms with Gasteiger partial charge in [-0.25, -0.2) is 4.79 Å². The minimum Gasteiger partial charge on any atom is -0.444 e. The van der Waals surface area contributed by atoms with E-state index in [1.54, 1.807) is 0 Å². The molecular weight excluding hydrogens is 292 g/mol. The molecule has 0 aromatic carbocycles. The van der Waals surface area contributed by atoms with E-state index in [0.29, 0.717) is 18.3 Å². The standard InChI is InChI=1S/C18H36N2O3/c1-12(2)10-14(16(19)21)8-9-15(11-13(3)4)20-17(22)23-18(5,6)7/h12-15H,8-11H2,1-7H3,(H2,19,21)(H,20,22)/t14-,15+/m0/s1. The molecule has 0 aliphatic heterocycles. The molecule has 23 heavy (non-hydrogen) atoms. The number of ether oxygens (including phenoxy) is 1. The lowest BCUT2D eigenvalue weighted by atomic mass is 9.89. The van der Waals surface area contributed by atoms with E-state index in [0.717, 1.165) is 19.3 Å². The Hall–Kier alpha value is -1.26. The highest BCUT2D eigenvalue weighted by Crippen LogP contribution is 2.20. The molecule has 0 bridgehead atoms. The summed E-state index contributed by atoms with van der Waals surface area (Å²) in [5.74, 6) is 0.492. The van der Waals surface area contributed by atoms with Crippen LogP contribution in [0.15, 0.2) is 0 Å². The van der Waals surface area contributed by atoms with E-state index < -0.39 is 11.7 Å². The smallest absolute Gasteiger partial charge is 0.407 e. The number of rotatable bonds is 9. The van der Waals surface area contributed by atoms with E-state index >= 15 is 0 Å². The van der Waals surface area contributed by atoms with Gasteiger partial charge in [0.1, 0.15) is 5.60 Å². The SMILES string of the molecule is CC(C)C[C@@H](CC[C@@H](CC(C)C)C(N)=O)NC(=O)OC(C)(C)C. The average molecular weight is 328 g/mol. The fraction of sp³-hybridized carbons (Fsp3) is 0.889. The van der Waals surface area contributed by atoms with Gasteiger partial charge in [0, 0.05) is 12.0 Å². The van der Waals surface area contributed by atoms with Gasteiger partial charge in [-0.3, -0.25) is 4.79 Å². The summed E-state index contributed by atoms with van der Waals surface area (Å²) >= 11 is 0. The van der Waals surface area contributed by atoms with Crippen molar-refractivity contribution < 1.29 is 14.3 Å². The first-order valence-corrected chi connectivity index (χ1v) is 8.69. The molecule has 0 aliphatic rings. The highest BCUT2D eigenvalue weighted by Gasteiger charge is 2.23. The van der Waals surface area contributed by atoms with Crippen molar-refractivity contribution >= 4 is 12.0 Å². The van der Waals surface area contributed by atoms with Gasteiger partial charge in [0.15, 0.2) is 0 Å². The van der Waals surface area contributed by atoms with E-state index in [-0.39, 0.29) is 17.9 Å². The Balaban J connectivity index is 4.65. The van der Waals surface area contributed by atoms with Crippen molar-refractivity contribution in [1.82, 2.24) is 5.32 Å². The summed E-state index contributed by atoms with van der Waals surface area (Å²) in [6.07, 6.45) is 2.67. The van der Waals surface area contributed by atoms with Crippen LogP contribution in [0, 0.1) is 17.8 Å². The van der Waals surface area contributed by atoms with Gasteiger partial charge in [0.2, 0.25) is 5.91 Å². The quantitative estimate of drug-likeness (QED) is 0.674. The van der Waals surface area contributed by atoms with E-state index in [2.05, 4.69) is 33.0 Å². The highest BCUT2D eigenvalue weighted by atomic mass is 16.6. The molecule has 0 saturated heterocycles. The van der Waals surface area contributed by atoms with Gasteiger partial charge in [-0.1, -0.05) is 27.7 Å². The number of nitrogens with one attached hydrogen (secondary N) is 1. The fourth-order valence-electron chi connectivity index (χ4n) is 2.64. The minimum atomic E-state index is -0.514. The predicted octanol–water partition coefficient (Wildman–Crippen LogP) is 3.85. The topological polar surface area (TPSA) is 81.4 Å². The molecule has 5 nitrogen and oxygen atoms in total. The average Bonchev–Trinajstić information content (AvgIpc) is 2.29. The van der Waals surface area contributed by atoms with Crippen LogP contribution >= 0.6 is 0 Å². The van der Waals surface area contributed by atoms with Crippen molar-refractivity contribution in [1.29, 1.82) is 0 Å². The molecule has 0 fully saturated rings. The molecule has 0 heterocycles. The van der Waals surface area contributed by atoms with Crippen molar-refractivity contribution in [2.75, 3.05) is 0 Å². The number of amides is 2. The number of nitrogens with two attached hydrogens (primary N) is 1. The summed E-state index contributed by atoms with van der Waals surface area (Å²) in [6, 6.07) is -0.00105. The van der Waals surface area contributed by atoms with E-state index in [1.807, 2.05) is 20.8 Å². The van der Waals surface area contributed by atoms with Crippen LogP contribution in [-0.2, 0) is 9.53 Å². The Bertz CT molecular complexity index is 373. The minimum absolute atomic E-state index is 0.00105. The maximum absolute atomic E-state index is 12.0. The van der Waals surface area contributed by atoms with Crippen LogP contribution in [-0.4, -0.2) is 23.6 Å². The second-order valence-corrected chi connectivity index (χ2v) is 8.28. The number of carbonyl (C=O) groups is 2. The summed E-state index contributed by atoms with van der Waals surface area (Å²) < 4.78 is 5.33. The second-order valence-electron chi connectivity index (χ2n) is 8.28. The zero-order valence-corrected chi connectivity index (χ0v) is 15.9. The summed E-state index contributed by atoms with van der Waals surface area (Å²) in [6.45, 7) is 13.9. The van der Waals surface area contributed by atoms with Crippen LogP contribution in [0.1, 0.15) is 74.1 Å². The van der Waals surface area contributed by atoms with Crippen molar-refractivity contribution in [3.8, 4) is 0 Å². The Morgan fingerprint density at radius 2 is 1.52 bits per heavy atom. The van der Waals surface area contributed by atoms with E-state index in [1.165, 1.54) is 0 Å². The lowest BCUT2D eigenvalue weighted by Gasteiger charge is -2.26. The molecule has 0 spiro atoms. The second kappa shape index (κ2) is 9.78. The molecule has 5 heteroatoms. The van der Waals surface area contributed by atoms with Gasteiger partial charge in [0.05, 0.1) is 0 Å². The first kappa shape index (κ1) is 21.7. The maximum atomic E-state index is 12.0. The Morgan fingerprint density at radius 1 is 1.00 bits per heavy atom. The summed E-state index contributed by atoms with van der Waals surface area (Å²) in [5.41, 5.74) is 4.99. The number of hydrogen-bond donors (Lipinski definition) is 2. The molecule has 3 N–H and O–H groups in total. The van der Waals surface area contributed by atoms with Crippen LogP contribution in [0.5, 0.6) is 0 Å². The summed E-state index contributed by atoms with van der Waals surface area (Å²) in [7, 11) is 0. The summed E-state index contributed by atoms with van der Waals surface area (Å²) in [4.78, 5) is 23.6. The van der Waals surface area contributed by atoms with Crippen LogP contribution in [0.4, 0.5) is 4.79 Å². The zero-order chi connectivity index (χ0) is 18.2. The van der Waals surface area contributed by atoms with E-state index in [9.17, 15) is 9.59 Å². The van der Waals surface area contributed by atoms with Crippen molar-refractivity contribution in [3.63, 3.8) is 0 Å². The number of alkyl carbamates (subject to hydrolysis) is 1. The monoisotopic (exact) mass is 328 g/mol. The van der Waals surface area contributed by atoms with Crippen molar-refractivity contribution in [2.24, 2.45) is 23.5 Å². The van der Waals surface area contributed by atoms with Crippen LogP contribution < -0.4 is 11.1 Å². The largest absolute Gasteiger partial charge is 0.444 e. The Kier molecular flexibility index (Phi) is 9.25. The van der Waals surface area contributed by atoms with Crippen LogP contribution in [0.25, 0.3) is 0 Å². The lowest BCUT2D eigenvalue weighted by Crippen LogP contribution is -2.40. The van der Waals surface area contributed by atoms with Crippen LogP contribution in [0.3, 0.4) is 0 Å². The zero-order valence-electron chi connectivity index (χ0n) is 15.9. The van der Waals surface area contributed by atoms with Crippen molar-refractivity contribution in [2.45, 2.75) is 85.8 Å². The molecule has 2 atom stereocenters. The number of hydrogen-bond acceptors (Lipinski definition) is 3. The fourth-order valence-corrected chi connectivity index (χ4v) is 2.64. The molecule has 0 saturated carbocycles. The molecular formula is C18H36N2O3. The van der Waals surface area contributed by atoms with Crippen LogP contribution in [0.2, 0.25) is 0 Å². The highest BCUT2D eigenvalue weighted by molar-refractivity contribution is 5.76. The van der Waals surface area contributed by atoms with E-state index in [4.69, 9.17) is 10.5 Å². The molecule has 0 rings (SSSR count). The maximum Gasteiger partial charge on any atom is 0.407 e. The van der Waals surface area contributed by atoms with Gasteiger partial charge in [-0.15, -0.1) is 0 Å². The van der Waals surface area contributed by atoms with Gasteiger partial charge in [0.25, 0.3) is 0 Å². The number of carbonyl (C=O) groups excluding carboxylic acids is 2. The Labute approximate surface area is 141 Å². The molecule has 0 unspecified atom stereocenters. The normalized spacial score (nSPS) is 14.7. The molecule has 2 amide bonds. The molecule has 0 radical (unpaired) electrons. The lowest BCUT2D eigenvalue weighted by molar-refractivity contribution is -0.122.